The predicted octanol–water partition coefficient (Wildman–Crippen LogP) is 6.00. The van der Waals surface area contributed by atoms with Gasteiger partial charge in [-0.05, 0) is 66.2 Å². The number of carbonyl (C=O) groups is 1. The minimum Gasteiger partial charge on any atom is -0.494 e. The van der Waals surface area contributed by atoms with Crippen LogP contribution in [0, 0.1) is 11.8 Å². The van der Waals surface area contributed by atoms with Gasteiger partial charge in [-0.3, -0.25) is 4.79 Å². The lowest BCUT2D eigenvalue weighted by atomic mass is 9.77. The van der Waals surface area contributed by atoms with E-state index in [0.717, 1.165) is 38.5 Å². The minimum atomic E-state index is -0.282. The van der Waals surface area contributed by atoms with E-state index in [0.29, 0.717) is 5.76 Å². The Morgan fingerprint density at radius 2 is 1.65 bits per heavy atom. The fourth-order valence-electron chi connectivity index (χ4n) is 4.11. The fraction of sp³-hybridized carbons (Fsp3) is 0.731. The normalized spacial score (nSPS) is 23.4. The van der Waals surface area contributed by atoms with Crippen molar-refractivity contribution >= 4 is 5.78 Å². The number of ketones is 1. The Bertz CT molecular complexity index is 671. The van der Waals surface area contributed by atoms with Crippen LogP contribution in [-0.2, 0) is 23.7 Å². The van der Waals surface area contributed by atoms with Gasteiger partial charge < -0.3 is 18.9 Å². The topological polar surface area (TPSA) is 54.0 Å². The van der Waals surface area contributed by atoms with E-state index in [1.54, 1.807) is 21.3 Å². The van der Waals surface area contributed by atoms with Crippen molar-refractivity contribution in [3.05, 3.63) is 34.8 Å². The molecule has 0 saturated carbocycles. The van der Waals surface area contributed by atoms with Gasteiger partial charge in [0.25, 0.3) is 0 Å². The maximum Gasteiger partial charge on any atom is 0.204 e. The first-order chi connectivity index (χ1) is 14.6. The molecule has 31 heavy (non-hydrogen) atoms. The maximum absolute atomic E-state index is 12.7. The van der Waals surface area contributed by atoms with Crippen molar-refractivity contribution in [1.29, 1.82) is 0 Å². The summed E-state index contributed by atoms with van der Waals surface area (Å²) in [7, 11) is 6.50. The van der Waals surface area contributed by atoms with E-state index in [4.69, 9.17) is 18.9 Å². The van der Waals surface area contributed by atoms with Gasteiger partial charge in [-0.15, -0.1) is 0 Å². The third-order valence-corrected chi connectivity index (χ3v) is 6.50. The molecule has 0 fully saturated rings. The summed E-state index contributed by atoms with van der Waals surface area (Å²) in [6, 6.07) is 0. The van der Waals surface area contributed by atoms with Crippen LogP contribution < -0.4 is 0 Å². The van der Waals surface area contributed by atoms with E-state index in [1.165, 1.54) is 18.3 Å². The molecule has 0 saturated heterocycles. The van der Waals surface area contributed by atoms with Crippen LogP contribution in [0.1, 0.15) is 73.1 Å². The average Bonchev–Trinajstić information content (AvgIpc) is 2.74. The Morgan fingerprint density at radius 3 is 2.19 bits per heavy atom. The highest BCUT2D eigenvalue weighted by Crippen LogP contribution is 2.37. The lowest BCUT2D eigenvalue weighted by molar-refractivity contribution is -0.129. The summed E-state index contributed by atoms with van der Waals surface area (Å²) in [5.74, 6) is 0.621. The molecule has 0 aromatic carbocycles. The Labute approximate surface area is 189 Å². The second-order valence-corrected chi connectivity index (χ2v) is 9.27. The third-order valence-electron chi connectivity index (χ3n) is 6.50. The van der Waals surface area contributed by atoms with Gasteiger partial charge in [0, 0.05) is 26.1 Å². The molecule has 0 aromatic rings. The van der Waals surface area contributed by atoms with E-state index in [9.17, 15) is 4.79 Å². The van der Waals surface area contributed by atoms with Crippen molar-refractivity contribution in [2.75, 3.05) is 28.4 Å². The van der Waals surface area contributed by atoms with Crippen LogP contribution in [0.4, 0.5) is 0 Å². The van der Waals surface area contributed by atoms with E-state index in [2.05, 4.69) is 39.8 Å². The number of hydrogen-bond acceptors (Lipinski definition) is 5. The zero-order valence-electron chi connectivity index (χ0n) is 21.2. The Morgan fingerprint density at radius 1 is 1.00 bits per heavy atom. The summed E-state index contributed by atoms with van der Waals surface area (Å²) >= 11 is 0. The van der Waals surface area contributed by atoms with Gasteiger partial charge in [-0.1, -0.05) is 30.2 Å². The molecule has 5 nitrogen and oxygen atoms in total. The van der Waals surface area contributed by atoms with Crippen LogP contribution in [0.25, 0.3) is 0 Å². The number of allylic oxidation sites excluding steroid dienone is 5. The first-order valence-corrected chi connectivity index (χ1v) is 11.4. The van der Waals surface area contributed by atoms with Gasteiger partial charge in [0.2, 0.25) is 11.5 Å². The fourth-order valence-corrected chi connectivity index (χ4v) is 4.11. The van der Waals surface area contributed by atoms with Crippen molar-refractivity contribution in [2.45, 2.75) is 84.8 Å². The first kappa shape index (κ1) is 27.4. The predicted molar refractivity (Wildman–Crippen MR) is 126 cm³/mol. The van der Waals surface area contributed by atoms with Crippen molar-refractivity contribution in [2.24, 2.45) is 11.8 Å². The molecule has 0 heterocycles. The van der Waals surface area contributed by atoms with Crippen molar-refractivity contribution in [1.82, 2.24) is 0 Å². The lowest BCUT2D eigenvalue weighted by Crippen LogP contribution is -2.41. The first-order valence-electron chi connectivity index (χ1n) is 11.4. The number of rotatable bonds is 13. The monoisotopic (exact) mass is 436 g/mol. The highest BCUT2D eigenvalue weighted by Gasteiger charge is 2.43. The van der Waals surface area contributed by atoms with Crippen molar-refractivity contribution in [3.63, 3.8) is 0 Å². The average molecular weight is 437 g/mol. The lowest BCUT2D eigenvalue weighted by Gasteiger charge is -2.35. The summed E-state index contributed by atoms with van der Waals surface area (Å²) in [6.07, 6.45) is 10.5. The molecule has 0 aliphatic heterocycles. The van der Waals surface area contributed by atoms with E-state index < -0.39 is 0 Å². The summed E-state index contributed by atoms with van der Waals surface area (Å²) in [5.41, 5.74) is 2.73. The Balaban J connectivity index is 2.64. The molecule has 5 heteroatoms. The number of Topliss-reactive ketones (excluding diaryl/α,β-unsaturated/α-hetero) is 1. The smallest absolute Gasteiger partial charge is 0.204 e. The van der Waals surface area contributed by atoms with Gasteiger partial charge in [-0.2, -0.15) is 0 Å². The van der Waals surface area contributed by atoms with Crippen LogP contribution in [0.15, 0.2) is 34.8 Å². The maximum atomic E-state index is 12.7. The molecular weight excluding hydrogens is 392 g/mol. The summed E-state index contributed by atoms with van der Waals surface area (Å²) < 4.78 is 22.0. The van der Waals surface area contributed by atoms with Gasteiger partial charge in [0.1, 0.15) is 6.10 Å². The van der Waals surface area contributed by atoms with Gasteiger partial charge in [-0.25, -0.2) is 0 Å². The molecule has 178 valence electrons. The molecule has 3 atom stereocenters. The Kier molecular flexibility index (Phi) is 11.6. The standard InChI is InChI=1S/C26H44O5/c1-18(14-11-17-26(4,5)31-9)12-10-13-19(2)15-16-21-20(3)22(27)24(29-7)25(30-8)23(21)28-6/h12,15,20-21,23H,10-11,13-14,16-17H2,1-9H3/t20-,21+,23+/m1/s1. The van der Waals surface area contributed by atoms with Gasteiger partial charge in [0.05, 0.1) is 19.8 Å². The quantitative estimate of drug-likeness (QED) is 0.332. The van der Waals surface area contributed by atoms with Crippen molar-refractivity contribution < 1.29 is 23.7 Å². The second kappa shape index (κ2) is 13.1. The van der Waals surface area contributed by atoms with Crippen LogP contribution in [0.2, 0.25) is 0 Å². The van der Waals surface area contributed by atoms with Crippen molar-refractivity contribution in [3.8, 4) is 0 Å². The number of carbonyl (C=O) groups excluding carboxylic acids is 1. The second-order valence-electron chi connectivity index (χ2n) is 9.27. The van der Waals surface area contributed by atoms with Gasteiger partial charge >= 0.3 is 0 Å². The summed E-state index contributed by atoms with van der Waals surface area (Å²) in [6.45, 7) is 10.6. The van der Waals surface area contributed by atoms with Crippen LogP contribution >= 0.6 is 0 Å². The minimum absolute atomic E-state index is 0.0149. The van der Waals surface area contributed by atoms with Gasteiger partial charge in [0.15, 0.2) is 5.76 Å². The van der Waals surface area contributed by atoms with E-state index in [-0.39, 0.29) is 35.1 Å². The number of ether oxygens (including phenoxy) is 4. The van der Waals surface area contributed by atoms with E-state index >= 15 is 0 Å². The molecule has 0 radical (unpaired) electrons. The van der Waals surface area contributed by atoms with Crippen LogP contribution in [0.5, 0.6) is 0 Å². The number of hydrogen-bond donors (Lipinski definition) is 0. The molecule has 0 spiro atoms. The highest BCUT2D eigenvalue weighted by molar-refractivity contribution is 5.97. The zero-order chi connectivity index (χ0) is 23.6. The molecule has 1 rings (SSSR count). The van der Waals surface area contributed by atoms with Crippen LogP contribution in [-0.4, -0.2) is 45.9 Å². The zero-order valence-corrected chi connectivity index (χ0v) is 21.2. The largest absolute Gasteiger partial charge is 0.494 e. The molecule has 0 aromatic heterocycles. The van der Waals surface area contributed by atoms with Crippen LogP contribution in [0.3, 0.4) is 0 Å². The highest BCUT2D eigenvalue weighted by atomic mass is 16.5. The molecule has 0 amide bonds. The summed E-state index contributed by atoms with van der Waals surface area (Å²) in [4.78, 5) is 12.7. The molecular formula is C26H44O5. The molecule has 1 aliphatic rings. The summed E-state index contributed by atoms with van der Waals surface area (Å²) in [5, 5.41) is 0. The molecule has 0 unspecified atom stereocenters. The van der Waals surface area contributed by atoms with E-state index in [1.807, 2.05) is 6.92 Å². The Hall–Kier alpha value is -1.59. The molecule has 0 bridgehead atoms. The molecule has 0 N–H and O–H groups in total. The third kappa shape index (κ3) is 8.12. The number of methoxy groups -OCH3 is 4. The SMILES string of the molecule is COC1=C(OC)[C@@H](OC)[C@@H](CC=C(C)CCC=C(C)CCCC(C)(C)OC)[C@@H](C)C1=O. The molecule has 1 aliphatic carbocycles.